The van der Waals surface area contributed by atoms with Crippen LogP contribution >= 0.6 is 0 Å². The first-order valence-corrected chi connectivity index (χ1v) is 6.88. The summed E-state index contributed by atoms with van der Waals surface area (Å²) in [5.41, 5.74) is 8.10. The summed E-state index contributed by atoms with van der Waals surface area (Å²) < 4.78 is 24.6. The van der Waals surface area contributed by atoms with Gasteiger partial charge in [0, 0.05) is 31.3 Å². The maximum Gasteiger partial charge on any atom is 0.167 e. The van der Waals surface area contributed by atoms with Crippen molar-refractivity contribution < 1.29 is 13.5 Å². The largest absolute Gasteiger partial charge is 0.488 e. The summed E-state index contributed by atoms with van der Waals surface area (Å²) in [5, 5.41) is 0. The van der Waals surface area contributed by atoms with Crippen molar-refractivity contribution in [3.63, 3.8) is 0 Å². The van der Waals surface area contributed by atoms with E-state index in [1.165, 1.54) is 6.07 Å². The van der Waals surface area contributed by atoms with Crippen molar-refractivity contribution in [1.82, 2.24) is 0 Å². The molecule has 4 nitrogen and oxygen atoms in total. The Kier molecular flexibility index (Phi) is 4.40. The van der Waals surface area contributed by atoms with Crippen LogP contribution in [0.4, 0.5) is 15.8 Å². The van der Waals surface area contributed by atoms with Crippen molar-refractivity contribution in [3.05, 3.63) is 41.6 Å². The van der Waals surface area contributed by atoms with Crippen LogP contribution in [0.5, 0.6) is 5.75 Å². The van der Waals surface area contributed by atoms with Crippen LogP contribution in [0.3, 0.4) is 0 Å². The zero-order valence-electron chi connectivity index (χ0n) is 12.8. The average molecular weight is 292 g/mol. The fraction of sp³-hybridized carbons (Fsp3) is 0.375. The molecular formula is C16H21FN2O2. The molecule has 0 spiro atoms. The Balaban J connectivity index is 2.27. The number of halogens is 1. The van der Waals surface area contributed by atoms with Crippen molar-refractivity contribution in [1.29, 1.82) is 0 Å². The van der Waals surface area contributed by atoms with Crippen LogP contribution < -0.4 is 15.4 Å². The topological polar surface area (TPSA) is 51.6 Å². The number of hydrogen-bond acceptors (Lipinski definition) is 4. The van der Waals surface area contributed by atoms with Crippen molar-refractivity contribution in [2.75, 3.05) is 17.7 Å². The van der Waals surface area contributed by atoms with Gasteiger partial charge in [0.2, 0.25) is 0 Å². The van der Waals surface area contributed by atoms with Crippen LogP contribution in [-0.4, -0.2) is 13.2 Å². The van der Waals surface area contributed by atoms with Crippen molar-refractivity contribution in [2.24, 2.45) is 0 Å². The van der Waals surface area contributed by atoms with Gasteiger partial charge in [-0.25, -0.2) is 4.39 Å². The van der Waals surface area contributed by atoms with E-state index >= 15 is 0 Å². The second-order valence-corrected chi connectivity index (χ2v) is 5.37. The van der Waals surface area contributed by atoms with Gasteiger partial charge in [0.25, 0.3) is 0 Å². The first-order valence-electron chi connectivity index (χ1n) is 6.88. The summed E-state index contributed by atoms with van der Waals surface area (Å²) >= 11 is 0. The molecule has 0 aliphatic carbocycles. The third-order valence-corrected chi connectivity index (χ3v) is 3.23. The van der Waals surface area contributed by atoms with Crippen LogP contribution in [0.25, 0.3) is 0 Å². The number of ether oxygens (including phenoxy) is 1. The minimum Gasteiger partial charge on any atom is -0.488 e. The number of hydrogen-bond donors (Lipinski definition) is 1. The van der Waals surface area contributed by atoms with Crippen molar-refractivity contribution >= 4 is 11.4 Å². The molecule has 0 unspecified atom stereocenters. The Bertz CT molecular complexity index is 623. The highest BCUT2D eigenvalue weighted by atomic mass is 19.1. The number of benzene rings is 1. The van der Waals surface area contributed by atoms with Gasteiger partial charge in [0.1, 0.15) is 5.76 Å². The lowest BCUT2D eigenvalue weighted by atomic mass is 10.2. The van der Waals surface area contributed by atoms with Gasteiger partial charge in [-0.2, -0.15) is 0 Å². The second kappa shape index (κ2) is 6.08. The van der Waals surface area contributed by atoms with E-state index in [4.69, 9.17) is 14.9 Å². The molecule has 1 heterocycles. The van der Waals surface area contributed by atoms with E-state index in [0.29, 0.717) is 12.2 Å². The van der Waals surface area contributed by atoms with Gasteiger partial charge in [0.15, 0.2) is 11.6 Å². The van der Waals surface area contributed by atoms with E-state index < -0.39 is 5.82 Å². The molecular weight excluding hydrogens is 271 g/mol. The van der Waals surface area contributed by atoms with Crippen molar-refractivity contribution in [3.8, 4) is 5.75 Å². The van der Waals surface area contributed by atoms with E-state index in [2.05, 4.69) is 0 Å². The Labute approximate surface area is 124 Å². The maximum atomic E-state index is 13.9. The van der Waals surface area contributed by atoms with Gasteiger partial charge >= 0.3 is 0 Å². The number of nitrogen functional groups attached to an aromatic ring is 1. The number of rotatable bonds is 5. The summed E-state index contributed by atoms with van der Waals surface area (Å²) in [7, 11) is 1.90. The minimum absolute atomic E-state index is 0.0996. The zero-order chi connectivity index (χ0) is 15.6. The number of furan rings is 1. The summed E-state index contributed by atoms with van der Waals surface area (Å²) in [5.74, 6) is 0.629. The predicted molar refractivity (Wildman–Crippen MR) is 82.1 cm³/mol. The van der Waals surface area contributed by atoms with Crippen LogP contribution in [0.1, 0.15) is 25.2 Å². The fourth-order valence-electron chi connectivity index (χ4n) is 2.15. The Morgan fingerprint density at radius 1 is 1.38 bits per heavy atom. The fourth-order valence-corrected chi connectivity index (χ4v) is 2.15. The Morgan fingerprint density at radius 3 is 2.67 bits per heavy atom. The highest BCUT2D eigenvalue weighted by molar-refractivity contribution is 5.69. The van der Waals surface area contributed by atoms with Gasteiger partial charge in [-0.15, -0.1) is 0 Å². The van der Waals surface area contributed by atoms with E-state index in [0.717, 1.165) is 17.0 Å². The average Bonchev–Trinajstić information content (AvgIpc) is 2.78. The molecule has 114 valence electrons. The SMILES string of the molecule is Cc1occc1CN(C)c1cc(OC(C)C)c(F)cc1N. The van der Waals surface area contributed by atoms with E-state index in [9.17, 15) is 4.39 Å². The molecule has 0 aliphatic heterocycles. The molecule has 0 saturated carbocycles. The van der Waals surface area contributed by atoms with E-state index in [-0.39, 0.29) is 11.9 Å². The molecule has 2 N–H and O–H groups in total. The van der Waals surface area contributed by atoms with Gasteiger partial charge in [-0.05, 0) is 26.8 Å². The van der Waals surface area contributed by atoms with Gasteiger partial charge in [-0.1, -0.05) is 0 Å². The smallest absolute Gasteiger partial charge is 0.167 e. The zero-order valence-corrected chi connectivity index (χ0v) is 12.8. The highest BCUT2D eigenvalue weighted by Gasteiger charge is 2.14. The standard InChI is InChI=1S/C16H21FN2O2/c1-10(2)21-16-8-15(14(18)7-13(16)17)19(4)9-12-5-6-20-11(12)3/h5-8,10H,9,18H2,1-4H3. The quantitative estimate of drug-likeness (QED) is 0.853. The summed E-state index contributed by atoms with van der Waals surface area (Å²) in [6.45, 7) is 6.24. The molecule has 5 heteroatoms. The van der Waals surface area contributed by atoms with Crippen LogP contribution in [-0.2, 0) is 6.54 Å². The third kappa shape index (κ3) is 3.48. The molecule has 0 amide bonds. The molecule has 0 saturated heterocycles. The lowest BCUT2D eigenvalue weighted by molar-refractivity contribution is 0.231. The first kappa shape index (κ1) is 15.2. The number of anilines is 2. The lowest BCUT2D eigenvalue weighted by Gasteiger charge is -2.22. The number of nitrogens with zero attached hydrogens (tertiary/aromatic N) is 1. The molecule has 0 atom stereocenters. The minimum atomic E-state index is -0.446. The molecule has 1 aromatic heterocycles. The summed E-state index contributed by atoms with van der Waals surface area (Å²) in [4.78, 5) is 1.94. The number of aryl methyl sites for hydroxylation is 1. The van der Waals surface area contributed by atoms with E-state index in [1.807, 2.05) is 38.8 Å². The first-order chi connectivity index (χ1) is 9.88. The molecule has 0 fully saturated rings. The van der Waals surface area contributed by atoms with Crippen LogP contribution in [0.15, 0.2) is 28.9 Å². The van der Waals surface area contributed by atoms with Gasteiger partial charge in [-0.3, -0.25) is 0 Å². The van der Waals surface area contributed by atoms with Gasteiger partial charge in [0.05, 0.1) is 23.7 Å². The van der Waals surface area contributed by atoms with E-state index in [1.54, 1.807) is 12.3 Å². The predicted octanol–water partition coefficient (Wildman–Crippen LogP) is 3.73. The van der Waals surface area contributed by atoms with Crippen molar-refractivity contribution in [2.45, 2.75) is 33.4 Å². The number of nitrogens with two attached hydrogens (primary N) is 1. The molecule has 0 bridgehead atoms. The molecule has 0 aliphatic rings. The van der Waals surface area contributed by atoms with Gasteiger partial charge < -0.3 is 19.8 Å². The summed E-state index contributed by atoms with van der Waals surface area (Å²) in [6, 6.07) is 4.85. The lowest BCUT2D eigenvalue weighted by Crippen LogP contribution is -2.18. The van der Waals surface area contributed by atoms with Crippen LogP contribution in [0.2, 0.25) is 0 Å². The molecule has 2 rings (SSSR count). The monoisotopic (exact) mass is 292 g/mol. The maximum absolute atomic E-state index is 13.9. The summed E-state index contributed by atoms with van der Waals surface area (Å²) in [6.07, 6.45) is 1.55. The molecule has 0 radical (unpaired) electrons. The molecule has 1 aromatic carbocycles. The molecule has 2 aromatic rings. The highest BCUT2D eigenvalue weighted by Crippen LogP contribution is 2.32. The van der Waals surface area contributed by atoms with Crippen LogP contribution in [0, 0.1) is 12.7 Å². The second-order valence-electron chi connectivity index (χ2n) is 5.37. The molecule has 21 heavy (non-hydrogen) atoms. The Hall–Kier alpha value is -2.17. The third-order valence-electron chi connectivity index (χ3n) is 3.23. The normalized spacial score (nSPS) is 11.0. The Morgan fingerprint density at radius 2 is 2.10 bits per heavy atom.